The van der Waals surface area contributed by atoms with E-state index in [0.29, 0.717) is 6.42 Å². The van der Waals surface area contributed by atoms with E-state index >= 15 is 0 Å². The summed E-state index contributed by atoms with van der Waals surface area (Å²) in [6.07, 6.45) is 0.423. The summed E-state index contributed by atoms with van der Waals surface area (Å²) in [5, 5.41) is 0. The van der Waals surface area contributed by atoms with Crippen LogP contribution in [0.1, 0.15) is 38.7 Å². The van der Waals surface area contributed by atoms with Gasteiger partial charge < -0.3 is 4.74 Å². The van der Waals surface area contributed by atoms with Crippen LogP contribution in [0.25, 0.3) is 0 Å². The Bertz CT molecular complexity index is 412. The molecule has 0 saturated heterocycles. The van der Waals surface area contributed by atoms with Crippen LogP contribution in [0, 0.1) is 11.8 Å². The van der Waals surface area contributed by atoms with Gasteiger partial charge in [0.2, 0.25) is 0 Å². The number of hydrogen-bond acceptors (Lipinski definition) is 2. The van der Waals surface area contributed by atoms with Gasteiger partial charge in [-0.15, -0.1) is 5.92 Å². The molecule has 0 N–H and O–H groups in total. The van der Waals surface area contributed by atoms with Gasteiger partial charge in [-0.05, 0) is 25.8 Å². The molecule has 1 aromatic carbocycles. The molecule has 17 heavy (non-hydrogen) atoms. The Labute approximate surface area is 103 Å². The molecule has 0 radical (unpaired) electrons. The minimum atomic E-state index is -0.293. The average Bonchev–Trinajstić information content (AvgIpc) is 2.38. The molecule has 1 rings (SSSR count). The van der Waals surface area contributed by atoms with Gasteiger partial charge in [-0.2, -0.15) is 0 Å². The van der Waals surface area contributed by atoms with Crippen molar-refractivity contribution in [1.82, 2.24) is 0 Å². The van der Waals surface area contributed by atoms with Gasteiger partial charge in [-0.3, -0.25) is 4.79 Å². The molecule has 0 aliphatic heterocycles. The van der Waals surface area contributed by atoms with Crippen molar-refractivity contribution >= 4 is 5.97 Å². The maximum Gasteiger partial charge on any atom is 0.314 e. The molecule has 0 amide bonds. The fourth-order valence-corrected chi connectivity index (χ4v) is 1.50. The monoisotopic (exact) mass is 230 g/mol. The maximum absolute atomic E-state index is 11.9. The smallest absolute Gasteiger partial charge is 0.314 e. The van der Waals surface area contributed by atoms with E-state index < -0.39 is 0 Å². The minimum Gasteiger partial charge on any atom is -0.449 e. The van der Waals surface area contributed by atoms with Crippen molar-refractivity contribution in [3.8, 4) is 11.8 Å². The highest BCUT2D eigenvalue weighted by molar-refractivity contribution is 5.78. The minimum absolute atomic E-state index is 0.217. The number of esters is 1. The quantitative estimate of drug-likeness (QED) is 0.586. The van der Waals surface area contributed by atoms with Gasteiger partial charge in [0.15, 0.2) is 6.10 Å². The zero-order chi connectivity index (χ0) is 12.7. The summed E-state index contributed by atoms with van der Waals surface area (Å²) in [6.45, 7) is 5.55. The summed E-state index contributed by atoms with van der Waals surface area (Å²) in [6, 6.07) is 9.63. The predicted octanol–water partition coefficient (Wildman–Crippen LogP) is 3.14. The zero-order valence-corrected chi connectivity index (χ0v) is 10.6. The molecule has 2 unspecified atom stereocenters. The molecule has 90 valence electrons. The standard InChI is InChI=1S/C15H18O2/c1-4-9-14(5-2)17-15(16)12(3)13-10-7-6-8-11-13/h6-8,10-12,14H,5H2,1-3H3. The van der Waals surface area contributed by atoms with Gasteiger partial charge in [0.1, 0.15) is 0 Å². The third-order valence-electron chi connectivity index (χ3n) is 2.59. The van der Waals surface area contributed by atoms with E-state index in [1.807, 2.05) is 44.2 Å². The van der Waals surface area contributed by atoms with Crippen molar-refractivity contribution < 1.29 is 9.53 Å². The maximum atomic E-state index is 11.9. The van der Waals surface area contributed by atoms with Crippen LogP contribution < -0.4 is 0 Å². The van der Waals surface area contributed by atoms with Crippen molar-refractivity contribution in [2.45, 2.75) is 39.2 Å². The Morgan fingerprint density at radius 1 is 1.35 bits per heavy atom. The molecule has 0 aliphatic carbocycles. The summed E-state index contributed by atoms with van der Waals surface area (Å²) in [5.74, 6) is 5.19. The van der Waals surface area contributed by atoms with Crippen LogP contribution in [-0.4, -0.2) is 12.1 Å². The van der Waals surface area contributed by atoms with Crippen LogP contribution in [0.15, 0.2) is 30.3 Å². The third kappa shape index (κ3) is 3.96. The van der Waals surface area contributed by atoms with E-state index in [9.17, 15) is 4.79 Å². The normalized spacial score (nSPS) is 13.1. The molecule has 0 spiro atoms. The molecule has 2 nitrogen and oxygen atoms in total. The highest BCUT2D eigenvalue weighted by Gasteiger charge is 2.19. The molecule has 0 saturated carbocycles. The summed E-state index contributed by atoms with van der Waals surface area (Å²) < 4.78 is 5.34. The molecule has 2 heteroatoms. The van der Waals surface area contributed by atoms with Crippen molar-refractivity contribution in [1.29, 1.82) is 0 Å². The van der Waals surface area contributed by atoms with Crippen LogP contribution in [0.2, 0.25) is 0 Å². The SMILES string of the molecule is CC#CC(CC)OC(=O)C(C)c1ccccc1. The van der Waals surface area contributed by atoms with Crippen molar-refractivity contribution in [2.24, 2.45) is 0 Å². The predicted molar refractivity (Wildman–Crippen MR) is 68.5 cm³/mol. The number of benzene rings is 1. The topological polar surface area (TPSA) is 26.3 Å². The Morgan fingerprint density at radius 2 is 2.00 bits per heavy atom. The summed E-state index contributed by atoms with van der Waals surface area (Å²) in [5.41, 5.74) is 0.969. The summed E-state index contributed by atoms with van der Waals surface area (Å²) in [4.78, 5) is 11.9. The summed E-state index contributed by atoms with van der Waals surface area (Å²) in [7, 11) is 0. The number of hydrogen-bond donors (Lipinski definition) is 0. The number of ether oxygens (including phenoxy) is 1. The van der Waals surface area contributed by atoms with Crippen LogP contribution >= 0.6 is 0 Å². The van der Waals surface area contributed by atoms with E-state index in [1.165, 1.54) is 0 Å². The molecule has 0 aliphatic rings. The van der Waals surface area contributed by atoms with Gasteiger partial charge in [0.25, 0.3) is 0 Å². The molecule has 0 bridgehead atoms. The fraction of sp³-hybridized carbons (Fsp3) is 0.400. The zero-order valence-electron chi connectivity index (χ0n) is 10.6. The second-order valence-electron chi connectivity index (χ2n) is 3.86. The Hall–Kier alpha value is -1.75. The molecule has 0 aromatic heterocycles. The fourth-order valence-electron chi connectivity index (χ4n) is 1.50. The average molecular weight is 230 g/mol. The van der Waals surface area contributed by atoms with Gasteiger partial charge >= 0.3 is 5.97 Å². The van der Waals surface area contributed by atoms with Crippen LogP contribution in [-0.2, 0) is 9.53 Å². The number of rotatable bonds is 4. The molecule has 2 atom stereocenters. The van der Waals surface area contributed by atoms with Gasteiger partial charge in [0, 0.05) is 0 Å². The van der Waals surface area contributed by atoms with Gasteiger partial charge in [-0.1, -0.05) is 43.2 Å². The second-order valence-corrected chi connectivity index (χ2v) is 3.86. The van der Waals surface area contributed by atoms with E-state index in [2.05, 4.69) is 11.8 Å². The van der Waals surface area contributed by atoms with Crippen LogP contribution in [0.4, 0.5) is 0 Å². The second kappa shape index (κ2) is 6.75. The van der Waals surface area contributed by atoms with Crippen molar-refractivity contribution in [2.75, 3.05) is 0 Å². The number of carbonyl (C=O) groups is 1. The lowest BCUT2D eigenvalue weighted by Crippen LogP contribution is -2.20. The highest BCUT2D eigenvalue weighted by atomic mass is 16.5. The lowest BCUT2D eigenvalue weighted by atomic mass is 10.0. The Morgan fingerprint density at radius 3 is 2.53 bits per heavy atom. The van der Waals surface area contributed by atoms with E-state index in [4.69, 9.17) is 4.74 Å². The lowest BCUT2D eigenvalue weighted by molar-refractivity contribution is -0.148. The van der Waals surface area contributed by atoms with E-state index in [0.717, 1.165) is 5.56 Å². The van der Waals surface area contributed by atoms with Gasteiger partial charge in [-0.25, -0.2) is 0 Å². The van der Waals surface area contributed by atoms with Crippen molar-refractivity contribution in [3.05, 3.63) is 35.9 Å². The molecular formula is C15H18O2. The largest absolute Gasteiger partial charge is 0.449 e. The van der Waals surface area contributed by atoms with E-state index in [1.54, 1.807) is 6.92 Å². The molecule has 0 fully saturated rings. The van der Waals surface area contributed by atoms with E-state index in [-0.39, 0.29) is 18.0 Å². The first-order chi connectivity index (χ1) is 8.19. The lowest BCUT2D eigenvalue weighted by Gasteiger charge is -2.15. The first kappa shape index (κ1) is 13.3. The first-order valence-electron chi connectivity index (χ1n) is 5.86. The first-order valence-corrected chi connectivity index (χ1v) is 5.86. The van der Waals surface area contributed by atoms with Gasteiger partial charge in [0.05, 0.1) is 5.92 Å². The van der Waals surface area contributed by atoms with Crippen molar-refractivity contribution in [3.63, 3.8) is 0 Å². The third-order valence-corrected chi connectivity index (χ3v) is 2.59. The summed E-state index contributed by atoms with van der Waals surface area (Å²) >= 11 is 0. The molecular weight excluding hydrogens is 212 g/mol. The van der Waals surface area contributed by atoms with Crippen LogP contribution in [0.5, 0.6) is 0 Å². The Balaban J connectivity index is 2.66. The molecule has 0 heterocycles. The van der Waals surface area contributed by atoms with Crippen LogP contribution in [0.3, 0.4) is 0 Å². The number of carbonyl (C=O) groups excluding carboxylic acids is 1. The Kier molecular flexibility index (Phi) is 5.29. The molecule has 1 aromatic rings. The highest BCUT2D eigenvalue weighted by Crippen LogP contribution is 2.17.